The molecule has 2 heterocycles. The van der Waals surface area contributed by atoms with Gasteiger partial charge >= 0.3 is 0 Å². The van der Waals surface area contributed by atoms with E-state index in [1.165, 1.54) is 19.3 Å². The fourth-order valence-electron chi connectivity index (χ4n) is 2.88. The first-order chi connectivity index (χ1) is 11.8. The third kappa shape index (κ3) is 3.80. The summed E-state index contributed by atoms with van der Waals surface area (Å²) in [5.74, 6) is 7.10. The van der Waals surface area contributed by atoms with E-state index in [0.717, 1.165) is 42.8 Å². The first-order valence-electron chi connectivity index (χ1n) is 8.61. The van der Waals surface area contributed by atoms with E-state index in [-0.39, 0.29) is 6.10 Å². The van der Waals surface area contributed by atoms with Gasteiger partial charge in [0.15, 0.2) is 0 Å². The molecule has 1 aromatic carbocycles. The van der Waals surface area contributed by atoms with Crippen LogP contribution in [0.15, 0.2) is 24.4 Å². The Hall–Kier alpha value is -1.83. The Labute approximate surface area is 147 Å². The van der Waals surface area contributed by atoms with Gasteiger partial charge in [-0.1, -0.05) is 28.7 Å². The number of aromatic nitrogens is 3. The van der Waals surface area contributed by atoms with Crippen molar-refractivity contribution in [1.82, 2.24) is 15.0 Å². The first-order valence-corrected chi connectivity index (χ1v) is 8.99. The lowest BCUT2D eigenvalue weighted by Gasteiger charge is -2.21. The Morgan fingerprint density at radius 3 is 2.96 bits per heavy atom. The summed E-state index contributed by atoms with van der Waals surface area (Å²) in [6.45, 7) is 1.59. The molecule has 1 unspecified atom stereocenters. The van der Waals surface area contributed by atoms with Crippen molar-refractivity contribution in [2.75, 3.05) is 6.61 Å². The van der Waals surface area contributed by atoms with Crippen LogP contribution in [-0.2, 0) is 11.3 Å². The van der Waals surface area contributed by atoms with Gasteiger partial charge < -0.3 is 4.74 Å². The highest BCUT2D eigenvalue weighted by atomic mass is 35.5. The largest absolute Gasteiger partial charge is 0.376 e. The summed E-state index contributed by atoms with van der Waals surface area (Å²) >= 11 is 6.36. The zero-order valence-corrected chi connectivity index (χ0v) is 14.3. The van der Waals surface area contributed by atoms with Crippen LogP contribution >= 0.6 is 11.6 Å². The second-order valence-electron chi connectivity index (χ2n) is 6.55. The number of halogens is 1. The third-order valence-electron chi connectivity index (χ3n) is 4.44. The van der Waals surface area contributed by atoms with Crippen LogP contribution in [0.5, 0.6) is 0 Å². The first kappa shape index (κ1) is 15.7. The van der Waals surface area contributed by atoms with Gasteiger partial charge in [-0.15, -0.1) is 5.10 Å². The lowest BCUT2D eigenvalue weighted by Crippen LogP contribution is -2.24. The van der Waals surface area contributed by atoms with E-state index in [9.17, 15) is 0 Å². The quantitative estimate of drug-likeness (QED) is 0.794. The van der Waals surface area contributed by atoms with Crippen molar-refractivity contribution in [3.63, 3.8) is 0 Å². The number of hydrogen-bond acceptors (Lipinski definition) is 3. The van der Waals surface area contributed by atoms with Crippen LogP contribution in [0.25, 0.3) is 11.3 Å². The predicted octanol–water partition coefficient (Wildman–Crippen LogP) is 3.93. The standard InChI is InChI=1S/C19H20ClN3O/c20-18-9-8-15(7-6-14-4-5-14)11-17(18)19-13-23(22-21-19)12-16-3-1-2-10-24-16/h8-9,11,13-14,16H,1-5,10,12H2. The van der Waals surface area contributed by atoms with E-state index in [1.807, 2.05) is 29.1 Å². The molecule has 1 aromatic heterocycles. The minimum Gasteiger partial charge on any atom is -0.376 e. The smallest absolute Gasteiger partial charge is 0.114 e. The molecule has 1 aliphatic heterocycles. The van der Waals surface area contributed by atoms with Gasteiger partial charge in [0.25, 0.3) is 0 Å². The monoisotopic (exact) mass is 341 g/mol. The van der Waals surface area contributed by atoms with Gasteiger partial charge in [0.1, 0.15) is 5.69 Å². The highest BCUT2D eigenvalue weighted by Crippen LogP contribution is 2.29. The average Bonchev–Trinajstić information content (AvgIpc) is 3.33. The van der Waals surface area contributed by atoms with Crippen molar-refractivity contribution in [2.45, 2.75) is 44.8 Å². The van der Waals surface area contributed by atoms with Crippen molar-refractivity contribution in [3.05, 3.63) is 35.0 Å². The Bertz CT molecular complexity index is 779. The number of ether oxygens (including phenoxy) is 1. The maximum absolute atomic E-state index is 6.36. The lowest BCUT2D eigenvalue weighted by atomic mass is 10.1. The maximum atomic E-state index is 6.36. The van der Waals surface area contributed by atoms with Crippen LogP contribution in [0.4, 0.5) is 0 Å². The Morgan fingerprint density at radius 2 is 2.17 bits per heavy atom. The fourth-order valence-corrected chi connectivity index (χ4v) is 3.10. The van der Waals surface area contributed by atoms with Crippen molar-refractivity contribution >= 4 is 11.6 Å². The molecule has 2 fully saturated rings. The second-order valence-corrected chi connectivity index (χ2v) is 6.96. The van der Waals surface area contributed by atoms with Crippen LogP contribution in [0.2, 0.25) is 5.02 Å². The SMILES string of the molecule is Clc1ccc(C#CC2CC2)cc1-c1cn(CC2CCCCO2)nn1. The van der Waals surface area contributed by atoms with Gasteiger partial charge in [-0.25, -0.2) is 4.68 Å². The zero-order chi connectivity index (χ0) is 16.4. The predicted molar refractivity (Wildman–Crippen MR) is 93.7 cm³/mol. The number of nitrogens with zero attached hydrogens (tertiary/aromatic N) is 3. The Balaban J connectivity index is 1.52. The summed E-state index contributed by atoms with van der Waals surface area (Å²) in [7, 11) is 0. The van der Waals surface area contributed by atoms with Gasteiger partial charge in [0.2, 0.25) is 0 Å². The van der Waals surface area contributed by atoms with Gasteiger partial charge in [0, 0.05) is 23.7 Å². The molecule has 0 bridgehead atoms. The van der Waals surface area contributed by atoms with Crippen LogP contribution in [0, 0.1) is 17.8 Å². The van der Waals surface area contributed by atoms with E-state index < -0.39 is 0 Å². The molecule has 0 radical (unpaired) electrons. The molecule has 0 amide bonds. The van der Waals surface area contributed by atoms with E-state index in [2.05, 4.69) is 22.2 Å². The minimum atomic E-state index is 0.236. The molecule has 4 rings (SSSR count). The molecule has 2 aliphatic rings. The van der Waals surface area contributed by atoms with Crippen molar-refractivity contribution < 1.29 is 4.74 Å². The van der Waals surface area contributed by atoms with E-state index >= 15 is 0 Å². The van der Waals surface area contributed by atoms with Crippen LogP contribution in [0.1, 0.15) is 37.7 Å². The summed E-state index contributed by atoms with van der Waals surface area (Å²) in [6, 6.07) is 5.85. The topological polar surface area (TPSA) is 39.9 Å². The Morgan fingerprint density at radius 1 is 1.25 bits per heavy atom. The van der Waals surface area contributed by atoms with Crippen LogP contribution < -0.4 is 0 Å². The molecule has 1 atom stereocenters. The zero-order valence-electron chi connectivity index (χ0n) is 13.5. The highest BCUT2D eigenvalue weighted by Gasteiger charge is 2.18. The van der Waals surface area contributed by atoms with Gasteiger partial charge in [-0.3, -0.25) is 0 Å². The average molecular weight is 342 g/mol. The van der Waals surface area contributed by atoms with Crippen molar-refractivity contribution in [1.29, 1.82) is 0 Å². The molecule has 124 valence electrons. The molecule has 2 aromatic rings. The molecule has 1 saturated carbocycles. The van der Waals surface area contributed by atoms with E-state index in [0.29, 0.717) is 10.9 Å². The summed E-state index contributed by atoms with van der Waals surface area (Å²) in [6.07, 6.45) is 8.10. The summed E-state index contributed by atoms with van der Waals surface area (Å²) in [5.41, 5.74) is 2.65. The highest BCUT2D eigenvalue weighted by molar-refractivity contribution is 6.33. The number of rotatable bonds is 3. The Kier molecular flexibility index (Phi) is 4.55. The van der Waals surface area contributed by atoms with Gasteiger partial charge in [-0.05, 0) is 50.3 Å². The molecule has 1 aliphatic carbocycles. The third-order valence-corrected chi connectivity index (χ3v) is 4.77. The molecular formula is C19H20ClN3O. The number of hydrogen-bond donors (Lipinski definition) is 0. The summed E-state index contributed by atoms with van der Waals surface area (Å²) in [5, 5.41) is 9.19. The molecule has 5 heteroatoms. The number of benzene rings is 1. The molecule has 24 heavy (non-hydrogen) atoms. The molecule has 0 spiro atoms. The van der Waals surface area contributed by atoms with E-state index in [1.54, 1.807) is 0 Å². The molecule has 4 nitrogen and oxygen atoms in total. The van der Waals surface area contributed by atoms with E-state index in [4.69, 9.17) is 16.3 Å². The molecule has 1 saturated heterocycles. The maximum Gasteiger partial charge on any atom is 0.114 e. The minimum absolute atomic E-state index is 0.236. The fraction of sp³-hybridized carbons (Fsp3) is 0.474. The van der Waals surface area contributed by atoms with Crippen molar-refractivity contribution in [3.8, 4) is 23.1 Å². The summed E-state index contributed by atoms with van der Waals surface area (Å²) < 4.78 is 7.62. The van der Waals surface area contributed by atoms with Gasteiger partial charge in [-0.2, -0.15) is 0 Å². The summed E-state index contributed by atoms with van der Waals surface area (Å²) in [4.78, 5) is 0. The lowest BCUT2D eigenvalue weighted by molar-refractivity contribution is 0.00370. The van der Waals surface area contributed by atoms with Gasteiger partial charge in [0.05, 0.1) is 23.9 Å². The second kappa shape index (κ2) is 6.96. The van der Waals surface area contributed by atoms with Crippen LogP contribution in [-0.4, -0.2) is 27.7 Å². The normalized spacial score (nSPS) is 20.5. The molecular weight excluding hydrogens is 322 g/mol. The molecule has 0 N–H and O–H groups in total. The van der Waals surface area contributed by atoms with Crippen molar-refractivity contribution in [2.24, 2.45) is 5.92 Å². The van der Waals surface area contributed by atoms with Crippen LogP contribution in [0.3, 0.4) is 0 Å².